The largest absolute Gasteiger partial charge is 0.367 e. The molecule has 1 saturated heterocycles. The fraction of sp³-hybridized carbons (Fsp3) is 0.444. The van der Waals surface area contributed by atoms with Gasteiger partial charge in [0.25, 0.3) is 11.6 Å². The summed E-state index contributed by atoms with van der Waals surface area (Å²) in [5.41, 5.74) is 1.84. The molecule has 2 aliphatic heterocycles. The Morgan fingerprint density at radius 1 is 1.06 bits per heavy atom. The molecule has 9 nitrogen and oxygen atoms in total. The van der Waals surface area contributed by atoms with E-state index in [1.165, 1.54) is 12.1 Å². The lowest BCUT2D eigenvalue weighted by molar-refractivity contribution is -0.384. The maximum absolute atomic E-state index is 14.4. The molecule has 9 heteroatoms. The van der Waals surface area contributed by atoms with Crippen LogP contribution >= 0.6 is 0 Å². The summed E-state index contributed by atoms with van der Waals surface area (Å²) >= 11 is 0. The number of nitrogens with zero attached hydrogens (tertiary/aromatic N) is 3. The minimum atomic E-state index is -1.60. The molecule has 36 heavy (non-hydrogen) atoms. The summed E-state index contributed by atoms with van der Waals surface area (Å²) in [4.78, 5) is 55.3. The summed E-state index contributed by atoms with van der Waals surface area (Å²) in [7, 11) is 0. The van der Waals surface area contributed by atoms with Gasteiger partial charge in [0, 0.05) is 30.8 Å². The van der Waals surface area contributed by atoms with Crippen LogP contribution in [0.4, 0.5) is 21.9 Å². The number of nitrogens with one attached hydrogen (secondary N) is 1. The SMILES string of the molecule is CCCCN1c2ccc([N+](=O)[O-])cc2C[C@@]2(C(=O)NC(=O)N(c3cc(C)cc(C)c3)C2=O)[C@H]1CCC. The Hall–Kier alpha value is -3.75. The Morgan fingerprint density at radius 2 is 1.75 bits per heavy atom. The fourth-order valence-corrected chi connectivity index (χ4v) is 5.66. The van der Waals surface area contributed by atoms with E-state index in [0.29, 0.717) is 24.2 Å². The number of urea groups is 1. The number of aryl methyl sites for hydroxylation is 2. The molecule has 2 atom stereocenters. The van der Waals surface area contributed by atoms with Crippen molar-refractivity contribution in [1.29, 1.82) is 0 Å². The zero-order valence-electron chi connectivity index (χ0n) is 21.2. The zero-order valence-corrected chi connectivity index (χ0v) is 21.2. The molecule has 4 amide bonds. The number of imide groups is 2. The lowest BCUT2D eigenvalue weighted by Crippen LogP contribution is -2.72. The normalized spacial score (nSPS) is 21.6. The number of amides is 4. The van der Waals surface area contributed by atoms with Gasteiger partial charge in [0.15, 0.2) is 5.41 Å². The predicted octanol–water partition coefficient (Wildman–Crippen LogP) is 4.81. The van der Waals surface area contributed by atoms with Crippen LogP contribution in [0.1, 0.15) is 56.2 Å². The van der Waals surface area contributed by atoms with E-state index in [2.05, 4.69) is 17.1 Å². The molecule has 190 valence electrons. The average Bonchev–Trinajstić information content (AvgIpc) is 2.81. The van der Waals surface area contributed by atoms with Gasteiger partial charge in [-0.15, -0.1) is 0 Å². The molecule has 1 N–H and O–H groups in total. The Balaban J connectivity index is 1.93. The third-order valence-electron chi connectivity index (χ3n) is 7.19. The molecular weight excluding hydrogens is 460 g/mol. The number of non-ortho nitro benzene ring substituents is 1. The molecule has 1 spiro atoms. The Bertz CT molecular complexity index is 1220. The van der Waals surface area contributed by atoms with E-state index in [1.807, 2.05) is 26.8 Å². The van der Waals surface area contributed by atoms with Gasteiger partial charge in [0.1, 0.15) is 0 Å². The summed E-state index contributed by atoms with van der Waals surface area (Å²) in [6, 6.07) is 8.80. The van der Waals surface area contributed by atoms with Gasteiger partial charge in [-0.05, 0) is 61.6 Å². The highest BCUT2D eigenvalue weighted by Gasteiger charge is 2.62. The maximum atomic E-state index is 14.4. The van der Waals surface area contributed by atoms with E-state index in [-0.39, 0.29) is 12.1 Å². The van der Waals surface area contributed by atoms with Crippen molar-refractivity contribution < 1.29 is 19.3 Å². The molecule has 2 aliphatic rings. The van der Waals surface area contributed by atoms with Gasteiger partial charge in [0.05, 0.1) is 16.7 Å². The lowest BCUT2D eigenvalue weighted by atomic mass is 9.67. The Kier molecular flexibility index (Phi) is 6.84. The summed E-state index contributed by atoms with van der Waals surface area (Å²) in [6.07, 6.45) is 2.97. The fourth-order valence-electron chi connectivity index (χ4n) is 5.66. The molecule has 0 radical (unpaired) electrons. The smallest absolute Gasteiger partial charge is 0.335 e. The number of nitro benzene ring substituents is 1. The van der Waals surface area contributed by atoms with Crippen LogP contribution in [0.5, 0.6) is 0 Å². The molecule has 2 heterocycles. The second-order valence-corrected chi connectivity index (χ2v) is 9.82. The number of anilines is 2. The second-order valence-electron chi connectivity index (χ2n) is 9.82. The van der Waals surface area contributed by atoms with E-state index in [0.717, 1.165) is 41.0 Å². The van der Waals surface area contributed by atoms with Crippen molar-refractivity contribution in [1.82, 2.24) is 5.32 Å². The first-order valence-electron chi connectivity index (χ1n) is 12.5. The van der Waals surface area contributed by atoms with E-state index in [4.69, 9.17) is 0 Å². The molecule has 0 bridgehead atoms. The van der Waals surface area contributed by atoms with Crippen LogP contribution in [0.25, 0.3) is 0 Å². The van der Waals surface area contributed by atoms with Gasteiger partial charge in [-0.1, -0.05) is 32.8 Å². The third kappa shape index (κ3) is 4.12. The van der Waals surface area contributed by atoms with Gasteiger partial charge in [-0.25, -0.2) is 9.69 Å². The second kappa shape index (κ2) is 9.72. The van der Waals surface area contributed by atoms with Crippen molar-refractivity contribution in [3.8, 4) is 0 Å². The number of hydrogen-bond acceptors (Lipinski definition) is 6. The van der Waals surface area contributed by atoms with Crippen LogP contribution in [-0.4, -0.2) is 35.4 Å². The number of barbiturate groups is 1. The minimum absolute atomic E-state index is 0.0173. The average molecular weight is 493 g/mol. The molecule has 2 aromatic carbocycles. The summed E-state index contributed by atoms with van der Waals surface area (Å²) < 4.78 is 0. The van der Waals surface area contributed by atoms with Crippen LogP contribution < -0.4 is 15.1 Å². The quantitative estimate of drug-likeness (QED) is 0.337. The van der Waals surface area contributed by atoms with E-state index in [9.17, 15) is 24.5 Å². The van der Waals surface area contributed by atoms with Crippen molar-refractivity contribution in [2.75, 3.05) is 16.3 Å². The summed E-state index contributed by atoms with van der Waals surface area (Å²) in [6.45, 7) is 8.41. The van der Waals surface area contributed by atoms with Crippen molar-refractivity contribution in [3.63, 3.8) is 0 Å². The van der Waals surface area contributed by atoms with Crippen molar-refractivity contribution >= 4 is 34.9 Å². The Morgan fingerprint density at radius 3 is 2.36 bits per heavy atom. The first-order valence-corrected chi connectivity index (χ1v) is 12.5. The van der Waals surface area contributed by atoms with Crippen LogP contribution in [0.15, 0.2) is 36.4 Å². The highest BCUT2D eigenvalue weighted by atomic mass is 16.6. The molecule has 1 fully saturated rings. The molecule has 0 aliphatic carbocycles. The van der Waals surface area contributed by atoms with Crippen molar-refractivity contribution in [2.45, 2.75) is 65.8 Å². The third-order valence-corrected chi connectivity index (χ3v) is 7.19. The number of carbonyl (C=O) groups excluding carboxylic acids is 3. The number of carbonyl (C=O) groups is 3. The van der Waals surface area contributed by atoms with E-state index >= 15 is 0 Å². The Labute approximate surface area is 210 Å². The van der Waals surface area contributed by atoms with Crippen molar-refractivity contribution in [3.05, 3.63) is 63.2 Å². The molecule has 0 saturated carbocycles. The van der Waals surface area contributed by atoms with E-state index < -0.39 is 34.2 Å². The van der Waals surface area contributed by atoms with Gasteiger partial charge >= 0.3 is 6.03 Å². The number of rotatable bonds is 7. The standard InChI is InChI=1S/C27H32N4O5/c1-5-7-11-29-22-10-9-20(31(35)36)15-19(22)16-27(23(29)8-6-2)24(32)28-26(34)30(25(27)33)21-13-17(3)12-18(4)14-21/h9-10,12-15,23H,5-8,11,16H2,1-4H3,(H,28,32,34)/t23-,27+/m1/s1. The number of fused-ring (bicyclic) bond motifs is 1. The molecule has 0 aromatic heterocycles. The zero-order chi connectivity index (χ0) is 26.2. The molecule has 4 rings (SSSR count). The van der Waals surface area contributed by atoms with Gasteiger partial charge in [-0.3, -0.25) is 25.0 Å². The summed E-state index contributed by atoms with van der Waals surface area (Å²) in [5, 5.41) is 14.0. The minimum Gasteiger partial charge on any atom is -0.367 e. The maximum Gasteiger partial charge on any atom is 0.335 e. The van der Waals surface area contributed by atoms with Gasteiger partial charge < -0.3 is 4.90 Å². The molecule has 0 unspecified atom stereocenters. The van der Waals surface area contributed by atoms with Gasteiger partial charge in [0.2, 0.25) is 5.91 Å². The van der Waals surface area contributed by atoms with Crippen LogP contribution in [0, 0.1) is 29.4 Å². The lowest BCUT2D eigenvalue weighted by Gasteiger charge is -2.52. The predicted molar refractivity (Wildman–Crippen MR) is 137 cm³/mol. The number of hydrogen-bond donors (Lipinski definition) is 1. The highest BCUT2D eigenvalue weighted by Crippen LogP contribution is 2.47. The molecule has 2 aromatic rings. The summed E-state index contributed by atoms with van der Waals surface area (Å²) in [5.74, 6) is -1.23. The first-order chi connectivity index (χ1) is 17.1. The first kappa shape index (κ1) is 25.3. The monoisotopic (exact) mass is 492 g/mol. The number of nitro groups is 1. The van der Waals surface area contributed by atoms with E-state index in [1.54, 1.807) is 18.2 Å². The van der Waals surface area contributed by atoms with Gasteiger partial charge in [-0.2, -0.15) is 0 Å². The number of unbranched alkanes of at least 4 members (excludes halogenated alkanes) is 1. The van der Waals surface area contributed by atoms with Crippen molar-refractivity contribution in [2.24, 2.45) is 5.41 Å². The van der Waals surface area contributed by atoms with Crippen LogP contribution in [-0.2, 0) is 16.0 Å². The highest BCUT2D eigenvalue weighted by molar-refractivity contribution is 6.30. The molecular formula is C27H32N4O5. The topological polar surface area (TPSA) is 113 Å². The number of benzene rings is 2. The van der Waals surface area contributed by atoms with Crippen LogP contribution in [0.2, 0.25) is 0 Å². The van der Waals surface area contributed by atoms with Crippen LogP contribution in [0.3, 0.4) is 0 Å².